The number of carbonyl (C=O) groups is 1. The molecular formula is C26H26FN3O3. The fourth-order valence-corrected chi connectivity index (χ4v) is 4.06. The standard InChI is InChI=1S/C26H26FN3O3/c1-3-30-23-21(15-14-20(22(23)27)24(32)28-16-17(2)31)29-25(30)26(33,18-10-6-4-7-11-18)19-12-8-5-9-13-19/h4-15,17,31,33H,3,16H2,1-2H3,(H,28,32)/t17-/m1/s1. The molecule has 33 heavy (non-hydrogen) atoms. The number of amides is 1. The summed E-state index contributed by atoms with van der Waals surface area (Å²) in [5.74, 6) is -1.08. The second-order valence-electron chi connectivity index (χ2n) is 7.98. The molecular weight excluding hydrogens is 421 g/mol. The monoisotopic (exact) mass is 447 g/mol. The molecule has 3 aromatic carbocycles. The van der Waals surface area contributed by atoms with Gasteiger partial charge in [0.15, 0.2) is 17.2 Å². The predicted octanol–water partition coefficient (Wildman–Crippen LogP) is 3.59. The maximum atomic E-state index is 15.6. The van der Waals surface area contributed by atoms with E-state index in [1.165, 1.54) is 13.0 Å². The molecule has 0 unspecified atom stereocenters. The van der Waals surface area contributed by atoms with Gasteiger partial charge in [0.05, 0.1) is 17.2 Å². The van der Waals surface area contributed by atoms with E-state index in [9.17, 15) is 15.0 Å². The zero-order valence-electron chi connectivity index (χ0n) is 18.5. The average Bonchev–Trinajstić information content (AvgIpc) is 3.23. The highest BCUT2D eigenvalue weighted by Crippen LogP contribution is 2.38. The molecule has 6 nitrogen and oxygen atoms in total. The van der Waals surface area contributed by atoms with Gasteiger partial charge in [-0.05, 0) is 37.1 Å². The summed E-state index contributed by atoms with van der Waals surface area (Å²) >= 11 is 0. The number of fused-ring (bicyclic) bond motifs is 1. The summed E-state index contributed by atoms with van der Waals surface area (Å²) in [5.41, 5.74) is -0.122. The Bertz CT molecular complexity index is 1230. The van der Waals surface area contributed by atoms with Crippen LogP contribution in [0.15, 0.2) is 72.8 Å². The van der Waals surface area contributed by atoms with E-state index in [1.807, 2.05) is 43.3 Å². The number of aliphatic hydroxyl groups is 2. The number of rotatable bonds is 7. The fraction of sp³-hybridized carbons (Fsp3) is 0.231. The summed E-state index contributed by atoms with van der Waals surface area (Å²) in [6.45, 7) is 3.70. The lowest BCUT2D eigenvalue weighted by Crippen LogP contribution is -2.33. The molecule has 1 heterocycles. The number of nitrogens with zero attached hydrogens (tertiary/aromatic N) is 2. The quantitative estimate of drug-likeness (QED) is 0.404. The second-order valence-corrected chi connectivity index (χ2v) is 7.98. The number of benzene rings is 3. The molecule has 0 bridgehead atoms. The predicted molar refractivity (Wildman–Crippen MR) is 124 cm³/mol. The molecule has 0 fully saturated rings. The van der Waals surface area contributed by atoms with Crippen molar-refractivity contribution >= 4 is 16.9 Å². The van der Waals surface area contributed by atoms with Crippen LogP contribution >= 0.6 is 0 Å². The molecule has 1 amide bonds. The van der Waals surface area contributed by atoms with E-state index >= 15 is 4.39 Å². The van der Waals surface area contributed by atoms with E-state index in [0.29, 0.717) is 23.2 Å². The minimum atomic E-state index is -1.64. The van der Waals surface area contributed by atoms with Crippen LogP contribution in [0.5, 0.6) is 0 Å². The van der Waals surface area contributed by atoms with Gasteiger partial charge in [0.1, 0.15) is 5.52 Å². The number of aliphatic hydroxyl groups excluding tert-OH is 1. The zero-order chi connectivity index (χ0) is 23.6. The van der Waals surface area contributed by atoms with Gasteiger partial charge in [-0.15, -0.1) is 0 Å². The van der Waals surface area contributed by atoms with Crippen LogP contribution in [0, 0.1) is 5.82 Å². The number of imidazole rings is 1. The third-order valence-corrected chi connectivity index (χ3v) is 5.67. The van der Waals surface area contributed by atoms with Crippen LogP contribution in [0.3, 0.4) is 0 Å². The Morgan fingerprint density at radius 2 is 1.64 bits per heavy atom. The van der Waals surface area contributed by atoms with E-state index in [1.54, 1.807) is 34.9 Å². The first kappa shape index (κ1) is 22.6. The van der Waals surface area contributed by atoms with E-state index in [2.05, 4.69) is 10.3 Å². The third kappa shape index (κ3) is 4.01. The Labute approximate surface area is 191 Å². The lowest BCUT2D eigenvalue weighted by atomic mass is 9.85. The Morgan fingerprint density at radius 3 is 2.15 bits per heavy atom. The van der Waals surface area contributed by atoms with Gasteiger partial charge < -0.3 is 20.1 Å². The molecule has 0 aliphatic heterocycles. The molecule has 4 aromatic rings. The molecule has 170 valence electrons. The Hall–Kier alpha value is -3.55. The number of hydrogen-bond donors (Lipinski definition) is 3. The third-order valence-electron chi connectivity index (χ3n) is 5.67. The molecule has 1 atom stereocenters. The van der Waals surface area contributed by atoms with Crippen molar-refractivity contribution in [2.75, 3.05) is 6.54 Å². The zero-order valence-corrected chi connectivity index (χ0v) is 18.5. The molecule has 0 saturated carbocycles. The molecule has 0 spiro atoms. The van der Waals surface area contributed by atoms with Crippen molar-refractivity contribution < 1.29 is 19.4 Å². The van der Waals surface area contributed by atoms with Crippen LogP contribution in [0.1, 0.15) is 41.2 Å². The summed E-state index contributed by atoms with van der Waals surface area (Å²) in [6.07, 6.45) is -0.750. The number of carbonyl (C=O) groups excluding carboxylic acids is 1. The Kier molecular flexibility index (Phi) is 6.26. The molecule has 4 rings (SSSR count). The first-order chi connectivity index (χ1) is 15.9. The van der Waals surface area contributed by atoms with Gasteiger partial charge >= 0.3 is 0 Å². The number of aromatic nitrogens is 2. The van der Waals surface area contributed by atoms with Crippen molar-refractivity contribution in [3.05, 3.63) is 101 Å². The fourth-order valence-electron chi connectivity index (χ4n) is 4.06. The van der Waals surface area contributed by atoms with Crippen LogP contribution < -0.4 is 5.32 Å². The normalized spacial score (nSPS) is 12.6. The van der Waals surface area contributed by atoms with Crippen LogP contribution in [0.25, 0.3) is 11.0 Å². The second kappa shape index (κ2) is 9.13. The van der Waals surface area contributed by atoms with Gasteiger partial charge in [0, 0.05) is 13.1 Å². The molecule has 0 aliphatic rings. The van der Waals surface area contributed by atoms with E-state index in [0.717, 1.165) is 0 Å². The van der Waals surface area contributed by atoms with Crippen LogP contribution in [-0.4, -0.2) is 38.3 Å². The van der Waals surface area contributed by atoms with Crippen molar-refractivity contribution in [2.45, 2.75) is 32.1 Å². The summed E-state index contributed by atoms with van der Waals surface area (Å²) in [4.78, 5) is 17.2. The van der Waals surface area contributed by atoms with Crippen molar-refractivity contribution in [3.8, 4) is 0 Å². The van der Waals surface area contributed by atoms with Crippen LogP contribution in [-0.2, 0) is 12.1 Å². The molecule has 0 radical (unpaired) electrons. The molecule has 7 heteroatoms. The Morgan fingerprint density at radius 1 is 1.06 bits per heavy atom. The minimum Gasteiger partial charge on any atom is -0.392 e. The van der Waals surface area contributed by atoms with E-state index < -0.39 is 23.4 Å². The number of halogens is 1. The Balaban J connectivity index is 1.94. The average molecular weight is 448 g/mol. The van der Waals surface area contributed by atoms with Gasteiger partial charge in [0.25, 0.3) is 5.91 Å². The van der Waals surface area contributed by atoms with Gasteiger partial charge in [-0.2, -0.15) is 0 Å². The van der Waals surface area contributed by atoms with Crippen LogP contribution in [0.4, 0.5) is 4.39 Å². The summed E-state index contributed by atoms with van der Waals surface area (Å²) in [6, 6.07) is 21.2. The van der Waals surface area contributed by atoms with E-state index in [4.69, 9.17) is 0 Å². The molecule has 3 N–H and O–H groups in total. The van der Waals surface area contributed by atoms with Crippen molar-refractivity contribution in [2.24, 2.45) is 0 Å². The highest BCUT2D eigenvalue weighted by molar-refractivity contribution is 5.98. The number of hydrogen-bond acceptors (Lipinski definition) is 4. The van der Waals surface area contributed by atoms with E-state index in [-0.39, 0.29) is 23.4 Å². The van der Waals surface area contributed by atoms with Crippen molar-refractivity contribution in [1.29, 1.82) is 0 Å². The van der Waals surface area contributed by atoms with Gasteiger partial charge in [-0.3, -0.25) is 4.79 Å². The lowest BCUT2D eigenvalue weighted by molar-refractivity contribution is 0.0920. The van der Waals surface area contributed by atoms with Crippen molar-refractivity contribution in [3.63, 3.8) is 0 Å². The lowest BCUT2D eigenvalue weighted by Gasteiger charge is -2.29. The first-order valence-electron chi connectivity index (χ1n) is 10.9. The topological polar surface area (TPSA) is 87.4 Å². The maximum absolute atomic E-state index is 15.6. The van der Waals surface area contributed by atoms with Crippen molar-refractivity contribution in [1.82, 2.24) is 14.9 Å². The number of nitrogens with one attached hydrogen (secondary N) is 1. The summed E-state index contributed by atoms with van der Waals surface area (Å²) in [7, 11) is 0. The largest absolute Gasteiger partial charge is 0.392 e. The maximum Gasteiger partial charge on any atom is 0.254 e. The van der Waals surface area contributed by atoms with Gasteiger partial charge in [-0.25, -0.2) is 9.37 Å². The van der Waals surface area contributed by atoms with Crippen LogP contribution in [0.2, 0.25) is 0 Å². The highest BCUT2D eigenvalue weighted by Gasteiger charge is 2.39. The first-order valence-corrected chi connectivity index (χ1v) is 10.9. The minimum absolute atomic E-state index is 0.0103. The smallest absolute Gasteiger partial charge is 0.254 e. The molecule has 0 aliphatic carbocycles. The molecule has 1 aromatic heterocycles. The summed E-state index contributed by atoms with van der Waals surface area (Å²) in [5, 5.41) is 24.1. The summed E-state index contributed by atoms with van der Waals surface area (Å²) < 4.78 is 17.2. The highest BCUT2D eigenvalue weighted by atomic mass is 19.1. The molecule has 0 saturated heterocycles. The van der Waals surface area contributed by atoms with Gasteiger partial charge in [0.2, 0.25) is 0 Å². The SMILES string of the molecule is CCn1c(C(O)(c2ccccc2)c2ccccc2)nc2ccc(C(=O)NC[C@@H](C)O)c(F)c21. The van der Waals surface area contributed by atoms with Gasteiger partial charge in [-0.1, -0.05) is 60.7 Å². The number of aryl methyl sites for hydroxylation is 1.